The van der Waals surface area contributed by atoms with Crippen molar-refractivity contribution in [2.45, 2.75) is 12.8 Å². The van der Waals surface area contributed by atoms with E-state index in [0.717, 1.165) is 30.0 Å². The third kappa shape index (κ3) is 2.16. The van der Waals surface area contributed by atoms with Crippen LogP contribution < -0.4 is 10.5 Å². The van der Waals surface area contributed by atoms with Gasteiger partial charge >= 0.3 is 0 Å². The molecule has 0 bridgehead atoms. The Kier molecular flexibility index (Phi) is 2.54. The molecule has 2 heteroatoms. The van der Waals surface area contributed by atoms with Crippen molar-refractivity contribution in [1.82, 2.24) is 0 Å². The van der Waals surface area contributed by atoms with Gasteiger partial charge in [0.05, 0.1) is 0 Å². The summed E-state index contributed by atoms with van der Waals surface area (Å²) in [4.78, 5) is 0. The molecule has 0 aliphatic heterocycles. The summed E-state index contributed by atoms with van der Waals surface area (Å²) in [5, 5.41) is 0. The second kappa shape index (κ2) is 4.01. The molecule has 14 heavy (non-hydrogen) atoms. The summed E-state index contributed by atoms with van der Waals surface area (Å²) in [6, 6.07) is 9.79. The lowest BCUT2D eigenvalue weighted by Gasteiger charge is -2.12. The summed E-state index contributed by atoms with van der Waals surface area (Å²) in [5.74, 6) is 1.86. The highest BCUT2D eigenvalue weighted by atomic mass is 16.5. The first-order valence-electron chi connectivity index (χ1n) is 4.73. The maximum absolute atomic E-state index is 5.66. The Balaban J connectivity index is 2.06. The predicted octanol–water partition coefficient (Wildman–Crippen LogP) is 2.59. The Morgan fingerprint density at radius 2 is 1.79 bits per heavy atom. The lowest BCUT2D eigenvalue weighted by molar-refractivity contribution is 0.400. The predicted molar refractivity (Wildman–Crippen MR) is 56.7 cm³/mol. The van der Waals surface area contributed by atoms with Crippen LogP contribution >= 0.6 is 0 Å². The Morgan fingerprint density at radius 1 is 1.00 bits per heavy atom. The highest BCUT2D eigenvalue weighted by molar-refractivity contribution is 5.26. The van der Waals surface area contributed by atoms with Crippen LogP contribution in [0.15, 0.2) is 53.9 Å². The molecule has 0 heterocycles. The van der Waals surface area contributed by atoms with Crippen molar-refractivity contribution in [2.24, 2.45) is 5.73 Å². The highest BCUT2D eigenvalue weighted by Gasteiger charge is 2.05. The lowest BCUT2D eigenvalue weighted by Crippen LogP contribution is -2.05. The molecule has 0 spiro atoms. The first-order chi connectivity index (χ1) is 6.84. The van der Waals surface area contributed by atoms with Gasteiger partial charge in [0.15, 0.2) is 0 Å². The fraction of sp³-hybridized carbons (Fsp3) is 0.167. The van der Waals surface area contributed by atoms with Crippen molar-refractivity contribution >= 4 is 0 Å². The fourth-order valence-corrected chi connectivity index (χ4v) is 1.36. The first kappa shape index (κ1) is 8.88. The van der Waals surface area contributed by atoms with Crippen LogP contribution in [0.4, 0.5) is 0 Å². The summed E-state index contributed by atoms with van der Waals surface area (Å²) in [6.45, 7) is 0. The topological polar surface area (TPSA) is 35.2 Å². The van der Waals surface area contributed by atoms with Gasteiger partial charge in [0, 0.05) is 12.1 Å². The summed E-state index contributed by atoms with van der Waals surface area (Å²) in [6.07, 6.45) is 5.61. The van der Waals surface area contributed by atoms with Crippen LogP contribution in [-0.2, 0) is 0 Å². The van der Waals surface area contributed by atoms with Crippen LogP contribution in [0.2, 0.25) is 0 Å². The van der Waals surface area contributed by atoms with E-state index in [2.05, 4.69) is 0 Å². The molecule has 0 radical (unpaired) electrons. The van der Waals surface area contributed by atoms with E-state index in [1.807, 2.05) is 42.5 Å². The van der Waals surface area contributed by atoms with E-state index >= 15 is 0 Å². The number of para-hydroxylation sites is 1. The molecular weight excluding hydrogens is 174 g/mol. The van der Waals surface area contributed by atoms with Gasteiger partial charge in [0.1, 0.15) is 11.5 Å². The molecule has 0 aromatic heterocycles. The van der Waals surface area contributed by atoms with Gasteiger partial charge in [-0.15, -0.1) is 0 Å². The van der Waals surface area contributed by atoms with Crippen molar-refractivity contribution in [3.63, 3.8) is 0 Å². The zero-order chi connectivity index (χ0) is 9.80. The molecule has 1 aliphatic rings. The lowest BCUT2D eigenvalue weighted by atomic mass is 10.1. The molecule has 2 N–H and O–H groups in total. The smallest absolute Gasteiger partial charge is 0.126 e. The molecule has 72 valence electrons. The van der Waals surface area contributed by atoms with Crippen molar-refractivity contribution in [1.29, 1.82) is 0 Å². The minimum atomic E-state index is 0.882. The van der Waals surface area contributed by atoms with E-state index in [4.69, 9.17) is 10.5 Å². The second-order valence-electron chi connectivity index (χ2n) is 3.29. The molecule has 1 aromatic carbocycles. The van der Waals surface area contributed by atoms with Crippen molar-refractivity contribution in [3.8, 4) is 5.75 Å². The van der Waals surface area contributed by atoms with Gasteiger partial charge in [0.2, 0.25) is 0 Å². The third-order valence-corrected chi connectivity index (χ3v) is 2.14. The monoisotopic (exact) mass is 187 g/mol. The summed E-state index contributed by atoms with van der Waals surface area (Å²) in [5.41, 5.74) is 6.57. The molecular formula is C12H13NO. The first-order valence-corrected chi connectivity index (χ1v) is 4.73. The van der Waals surface area contributed by atoms with Gasteiger partial charge in [-0.1, -0.05) is 18.2 Å². The number of nitrogens with two attached hydrogens (primary N) is 1. The minimum Gasteiger partial charge on any atom is -0.462 e. The SMILES string of the molecule is NC1=CC=C(Oc2ccccc2)CC1. The van der Waals surface area contributed by atoms with Crippen LogP contribution in [0.25, 0.3) is 0 Å². The Hall–Kier alpha value is -1.70. The molecule has 0 atom stereocenters. The number of hydrogen-bond acceptors (Lipinski definition) is 2. The summed E-state index contributed by atoms with van der Waals surface area (Å²) >= 11 is 0. The molecule has 1 aromatic rings. The minimum absolute atomic E-state index is 0.882. The van der Waals surface area contributed by atoms with E-state index in [9.17, 15) is 0 Å². The molecule has 0 fully saturated rings. The Labute approximate surface area is 83.7 Å². The zero-order valence-corrected chi connectivity index (χ0v) is 7.94. The van der Waals surface area contributed by atoms with Crippen molar-refractivity contribution in [3.05, 3.63) is 53.9 Å². The Bertz CT molecular complexity index is 365. The number of hydrogen-bond donors (Lipinski definition) is 1. The quantitative estimate of drug-likeness (QED) is 0.772. The molecule has 2 nitrogen and oxygen atoms in total. The Morgan fingerprint density at radius 3 is 2.43 bits per heavy atom. The average Bonchev–Trinajstić information content (AvgIpc) is 2.23. The van der Waals surface area contributed by atoms with E-state index in [1.165, 1.54) is 0 Å². The van der Waals surface area contributed by atoms with E-state index in [0.29, 0.717) is 0 Å². The van der Waals surface area contributed by atoms with Crippen LogP contribution in [-0.4, -0.2) is 0 Å². The average molecular weight is 187 g/mol. The second-order valence-corrected chi connectivity index (χ2v) is 3.29. The van der Waals surface area contributed by atoms with E-state index < -0.39 is 0 Å². The van der Waals surface area contributed by atoms with Crippen molar-refractivity contribution < 1.29 is 4.74 Å². The van der Waals surface area contributed by atoms with Gasteiger partial charge < -0.3 is 10.5 Å². The van der Waals surface area contributed by atoms with Crippen LogP contribution in [0.3, 0.4) is 0 Å². The van der Waals surface area contributed by atoms with E-state index in [1.54, 1.807) is 0 Å². The fourth-order valence-electron chi connectivity index (χ4n) is 1.36. The molecule has 2 rings (SSSR count). The number of allylic oxidation sites excluding steroid dienone is 4. The summed E-state index contributed by atoms with van der Waals surface area (Å²) in [7, 11) is 0. The largest absolute Gasteiger partial charge is 0.462 e. The molecule has 1 aliphatic carbocycles. The van der Waals surface area contributed by atoms with Crippen LogP contribution in [0, 0.1) is 0 Å². The number of rotatable bonds is 2. The van der Waals surface area contributed by atoms with E-state index in [-0.39, 0.29) is 0 Å². The molecule has 0 saturated carbocycles. The number of benzene rings is 1. The standard InChI is InChI=1S/C12H13NO/c13-10-6-8-12(9-7-10)14-11-4-2-1-3-5-11/h1-6,8H,7,9,13H2. The zero-order valence-electron chi connectivity index (χ0n) is 7.94. The highest BCUT2D eigenvalue weighted by Crippen LogP contribution is 2.19. The molecule has 0 amide bonds. The summed E-state index contributed by atoms with van der Waals surface area (Å²) < 4.78 is 5.66. The van der Waals surface area contributed by atoms with Gasteiger partial charge in [-0.25, -0.2) is 0 Å². The molecule has 0 unspecified atom stereocenters. The van der Waals surface area contributed by atoms with Crippen LogP contribution in [0.5, 0.6) is 5.75 Å². The van der Waals surface area contributed by atoms with Gasteiger partial charge in [0.25, 0.3) is 0 Å². The van der Waals surface area contributed by atoms with Crippen molar-refractivity contribution in [2.75, 3.05) is 0 Å². The maximum atomic E-state index is 5.66. The van der Waals surface area contributed by atoms with Gasteiger partial charge in [-0.2, -0.15) is 0 Å². The molecule has 0 saturated heterocycles. The van der Waals surface area contributed by atoms with Gasteiger partial charge in [-0.3, -0.25) is 0 Å². The van der Waals surface area contributed by atoms with Gasteiger partial charge in [-0.05, 0) is 30.7 Å². The number of ether oxygens (including phenoxy) is 1. The maximum Gasteiger partial charge on any atom is 0.126 e. The third-order valence-electron chi connectivity index (χ3n) is 2.14. The normalized spacial score (nSPS) is 15.7. The van der Waals surface area contributed by atoms with Crippen LogP contribution in [0.1, 0.15) is 12.8 Å².